The Morgan fingerprint density at radius 2 is 2.00 bits per heavy atom. The number of nitrogens with zero attached hydrogens (tertiary/aromatic N) is 2. The van der Waals surface area contributed by atoms with Gasteiger partial charge in [0, 0.05) is 25.7 Å². The van der Waals surface area contributed by atoms with Crippen LogP contribution in [0, 0.1) is 5.92 Å². The van der Waals surface area contributed by atoms with Gasteiger partial charge in [-0.25, -0.2) is 0 Å². The summed E-state index contributed by atoms with van der Waals surface area (Å²) in [6, 6.07) is 0.753. The molecule has 1 fully saturated rings. The van der Waals surface area contributed by atoms with Gasteiger partial charge in [0.25, 0.3) is 0 Å². The molecule has 0 aromatic carbocycles. The van der Waals surface area contributed by atoms with Crippen LogP contribution in [0.15, 0.2) is 0 Å². The first-order valence-corrected chi connectivity index (χ1v) is 6.53. The second kappa shape index (κ2) is 6.58. The molecule has 3 heteroatoms. The van der Waals surface area contributed by atoms with Crippen molar-refractivity contribution in [3.63, 3.8) is 0 Å². The van der Waals surface area contributed by atoms with E-state index in [0.717, 1.165) is 25.2 Å². The lowest BCUT2D eigenvalue weighted by Crippen LogP contribution is -2.54. The second-order valence-corrected chi connectivity index (χ2v) is 5.71. The monoisotopic (exact) mass is 228 g/mol. The zero-order valence-corrected chi connectivity index (χ0v) is 11.6. The van der Waals surface area contributed by atoms with Gasteiger partial charge in [0.05, 0.1) is 12.8 Å². The zero-order chi connectivity index (χ0) is 12.1. The third-order valence-corrected chi connectivity index (χ3v) is 3.02. The number of likely N-dealkylation sites (tertiary alicyclic amines) is 1. The first-order chi connectivity index (χ1) is 7.49. The van der Waals surface area contributed by atoms with Crippen molar-refractivity contribution >= 4 is 0 Å². The molecular weight excluding hydrogens is 200 g/mol. The van der Waals surface area contributed by atoms with Gasteiger partial charge in [-0.2, -0.15) is 0 Å². The Bertz CT molecular complexity index is 194. The van der Waals surface area contributed by atoms with E-state index in [9.17, 15) is 0 Å². The number of hydrogen-bond acceptors (Lipinski definition) is 3. The van der Waals surface area contributed by atoms with E-state index in [2.05, 4.69) is 44.5 Å². The molecule has 3 nitrogen and oxygen atoms in total. The van der Waals surface area contributed by atoms with E-state index in [1.807, 2.05) is 0 Å². The SMILES string of the molecule is CC(C)CN1CCC1CN(C)COC(C)C. The van der Waals surface area contributed by atoms with Crippen molar-refractivity contribution in [3.8, 4) is 0 Å². The molecule has 1 rings (SSSR count). The molecule has 0 radical (unpaired) electrons. The van der Waals surface area contributed by atoms with Crippen LogP contribution in [0.2, 0.25) is 0 Å². The minimum absolute atomic E-state index is 0.329. The van der Waals surface area contributed by atoms with E-state index < -0.39 is 0 Å². The standard InChI is InChI=1S/C13H28N2O/c1-11(2)8-15-7-6-13(15)9-14(5)10-16-12(3)4/h11-13H,6-10H2,1-5H3. The Hall–Kier alpha value is -0.120. The summed E-state index contributed by atoms with van der Waals surface area (Å²) in [4.78, 5) is 4.88. The summed E-state index contributed by atoms with van der Waals surface area (Å²) in [5.74, 6) is 0.778. The van der Waals surface area contributed by atoms with Crippen LogP contribution in [0.3, 0.4) is 0 Å². The summed E-state index contributed by atoms with van der Waals surface area (Å²) in [5, 5.41) is 0. The highest BCUT2D eigenvalue weighted by molar-refractivity contribution is 4.84. The highest BCUT2D eigenvalue weighted by atomic mass is 16.5. The highest BCUT2D eigenvalue weighted by Crippen LogP contribution is 2.19. The molecule has 0 saturated carbocycles. The van der Waals surface area contributed by atoms with Crippen molar-refractivity contribution in [1.29, 1.82) is 0 Å². The van der Waals surface area contributed by atoms with E-state index in [-0.39, 0.29) is 0 Å². The summed E-state index contributed by atoms with van der Waals surface area (Å²) < 4.78 is 5.60. The van der Waals surface area contributed by atoms with Gasteiger partial charge < -0.3 is 4.74 Å². The summed E-state index contributed by atoms with van der Waals surface area (Å²) in [7, 11) is 2.15. The average Bonchev–Trinajstić information content (AvgIpc) is 2.18. The van der Waals surface area contributed by atoms with Gasteiger partial charge in [0.15, 0.2) is 0 Å². The second-order valence-electron chi connectivity index (χ2n) is 5.71. The van der Waals surface area contributed by atoms with Gasteiger partial charge in [0.2, 0.25) is 0 Å². The van der Waals surface area contributed by atoms with Gasteiger partial charge in [-0.05, 0) is 33.2 Å². The van der Waals surface area contributed by atoms with Crippen molar-refractivity contribution in [2.24, 2.45) is 5.92 Å². The Labute approximate surface area is 101 Å². The van der Waals surface area contributed by atoms with Crippen molar-refractivity contribution in [2.75, 3.05) is 33.4 Å². The fourth-order valence-corrected chi connectivity index (χ4v) is 2.10. The third-order valence-electron chi connectivity index (χ3n) is 3.02. The fourth-order valence-electron chi connectivity index (χ4n) is 2.10. The van der Waals surface area contributed by atoms with E-state index >= 15 is 0 Å². The van der Waals surface area contributed by atoms with E-state index in [4.69, 9.17) is 4.74 Å². The summed E-state index contributed by atoms with van der Waals surface area (Å²) in [6.07, 6.45) is 1.68. The number of ether oxygens (including phenoxy) is 1. The van der Waals surface area contributed by atoms with Crippen LogP contribution < -0.4 is 0 Å². The fraction of sp³-hybridized carbons (Fsp3) is 1.00. The smallest absolute Gasteiger partial charge is 0.0991 e. The molecule has 0 N–H and O–H groups in total. The number of likely N-dealkylation sites (N-methyl/N-ethyl adjacent to an activating group) is 1. The minimum Gasteiger partial charge on any atom is -0.363 e. The lowest BCUT2D eigenvalue weighted by atomic mass is 10.0. The maximum Gasteiger partial charge on any atom is 0.0991 e. The average molecular weight is 228 g/mol. The van der Waals surface area contributed by atoms with Crippen LogP contribution in [0.4, 0.5) is 0 Å². The van der Waals surface area contributed by atoms with Crippen LogP contribution in [0.5, 0.6) is 0 Å². The molecule has 1 aliphatic rings. The summed E-state index contributed by atoms with van der Waals surface area (Å²) >= 11 is 0. The van der Waals surface area contributed by atoms with E-state index in [0.29, 0.717) is 6.10 Å². The van der Waals surface area contributed by atoms with Crippen molar-refractivity contribution in [2.45, 2.75) is 46.3 Å². The topological polar surface area (TPSA) is 15.7 Å². The van der Waals surface area contributed by atoms with Crippen molar-refractivity contribution < 1.29 is 4.74 Å². The molecule has 1 heterocycles. The van der Waals surface area contributed by atoms with Crippen LogP contribution in [-0.4, -0.2) is 55.4 Å². The van der Waals surface area contributed by atoms with Crippen LogP contribution in [0.1, 0.15) is 34.1 Å². The van der Waals surface area contributed by atoms with Crippen molar-refractivity contribution in [1.82, 2.24) is 9.80 Å². The van der Waals surface area contributed by atoms with Crippen LogP contribution in [-0.2, 0) is 4.74 Å². The molecule has 1 aliphatic heterocycles. The highest BCUT2D eigenvalue weighted by Gasteiger charge is 2.28. The molecule has 0 aromatic rings. The predicted octanol–water partition coefficient (Wildman–Crippen LogP) is 2.03. The molecule has 0 bridgehead atoms. The molecule has 1 saturated heterocycles. The molecule has 96 valence electrons. The molecule has 1 atom stereocenters. The summed E-state index contributed by atoms with van der Waals surface area (Å²) in [5.41, 5.74) is 0. The maximum atomic E-state index is 5.60. The Morgan fingerprint density at radius 3 is 2.44 bits per heavy atom. The van der Waals surface area contributed by atoms with Gasteiger partial charge in [-0.15, -0.1) is 0 Å². The maximum absolute atomic E-state index is 5.60. The first kappa shape index (κ1) is 13.9. The molecule has 0 amide bonds. The lowest BCUT2D eigenvalue weighted by molar-refractivity contribution is -0.0221. The minimum atomic E-state index is 0.329. The Balaban J connectivity index is 2.16. The van der Waals surface area contributed by atoms with Crippen LogP contribution >= 0.6 is 0 Å². The molecule has 0 aromatic heterocycles. The molecule has 1 unspecified atom stereocenters. The van der Waals surface area contributed by atoms with E-state index in [1.165, 1.54) is 19.5 Å². The molecule has 16 heavy (non-hydrogen) atoms. The van der Waals surface area contributed by atoms with Gasteiger partial charge in [-0.1, -0.05) is 13.8 Å². The van der Waals surface area contributed by atoms with Gasteiger partial charge in [-0.3, -0.25) is 9.80 Å². The Morgan fingerprint density at radius 1 is 1.31 bits per heavy atom. The number of rotatable bonds is 7. The molecule has 0 spiro atoms. The Kier molecular flexibility index (Phi) is 5.73. The van der Waals surface area contributed by atoms with Crippen LogP contribution in [0.25, 0.3) is 0 Å². The quantitative estimate of drug-likeness (QED) is 0.620. The normalized spacial score (nSPS) is 22.1. The predicted molar refractivity (Wildman–Crippen MR) is 68.5 cm³/mol. The zero-order valence-electron chi connectivity index (χ0n) is 11.6. The summed E-state index contributed by atoms with van der Waals surface area (Å²) in [6.45, 7) is 13.2. The van der Waals surface area contributed by atoms with Gasteiger partial charge in [0.1, 0.15) is 0 Å². The first-order valence-electron chi connectivity index (χ1n) is 6.53. The largest absolute Gasteiger partial charge is 0.363 e. The molecule has 0 aliphatic carbocycles. The van der Waals surface area contributed by atoms with Gasteiger partial charge >= 0.3 is 0 Å². The van der Waals surface area contributed by atoms with Crippen molar-refractivity contribution in [3.05, 3.63) is 0 Å². The lowest BCUT2D eigenvalue weighted by Gasteiger charge is -2.43. The third kappa shape index (κ3) is 4.81. The number of hydrogen-bond donors (Lipinski definition) is 0. The van der Waals surface area contributed by atoms with E-state index in [1.54, 1.807) is 0 Å². The molecular formula is C13H28N2O.